The normalized spacial score (nSPS) is 10.3. The zero-order valence-electron chi connectivity index (χ0n) is 9.75. The van der Waals surface area contributed by atoms with Gasteiger partial charge in [0, 0.05) is 16.7 Å². The van der Waals surface area contributed by atoms with Crippen molar-refractivity contribution in [3.8, 4) is 11.4 Å². The van der Waals surface area contributed by atoms with Crippen molar-refractivity contribution < 1.29 is 0 Å². The average Bonchev–Trinajstić information content (AvgIpc) is 2.82. The first-order chi connectivity index (χ1) is 8.38. The first kappa shape index (κ1) is 12.9. The molecule has 5 heteroatoms. The number of benzene rings is 1. The van der Waals surface area contributed by atoms with Gasteiger partial charge in [-0.1, -0.05) is 18.2 Å². The molecule has 0 fully saturated rings. The predicted molar refractivity (Wildman–Crippen MR) is 78.4 cm³/mol. The van der Waals surface area contributed by atoms with Crippen LogP contribution in [0.4, 0.5) is 0 Å². The van der Waals surface area contributed by atoms with Crippen LogP contribution in [0, 0.1) is 0 Å². The van der Waals surface area contributed by atoms with Gasteiger partial charge < -0.3 is 4.98 Å². The molecular weight excluding hydrogens is 266 g/mol. The number of H-pyrrole nitrogens is 1. The highest BCUT2D eigenvalue weighted by atomic mass is 35.5. The van der Waals surface area contributed by atoms with Crippen LogP contribution in [0.3, 0.4) is 0 Å². The summed E-state index contributed by atoms with van der Waals surface area (Å²) in [7, 11) is 0. The Morgan fingerprint density at radius 3 is 2.78 bits per heavy atom. The molecule has 0 spiro atoms. The van der Waals surface area contributed by atoms with E-state index in [1.54, 1.807) is 24.2 Å². The Morgan fingerprint density at radius 1 is 1.17 bits per heavy atom. The number of thioether (sulfide) groups is 1. The van der Waals surface area contributed by atoms with Crippen molar-refractivity contribution in [2.45, 2.75) is 4.90 Å². The zero-order valence-corrected chi connectivity index (χ0v) is 11.4. The molecule has 0 aliphatic heterocycles. The fraction of sp³-hybridized carbons (Fsp3) is 0.0769. The average molecular weight is 278 g/mol. The number of aromatic amines is 1. The van der Waals surface area contributed by atoms with Crippen LogP contribution in [0.25, 0.3) is 22.4 Å². The molecular formula is C13H12ClN3S. The van der Waals surface area contributed by atoms with Crippen molar-refractivity contribution in [1.29, 1.82) is 0 Å². The summed E-state index contributed by atoms with van der Waals surface area (Å²) in [6, 6.07) is 10.2. The van der Waals surface area contributed by atoms with Crippen LogP contribution in [0.5, 0.6) is 0 Å². The smallest absolute Gasteiger partial charge is 0.139 e. The SMILES string of the molecule is CSc1ccccc1-c1nc2ccncc2[nH]1.Cl. The van der Waals surface area contributed by atoms with Gasteiger partial charge in [0.15, 0.2) is 0 Å². The fourth-order valence-electron chi connectivity index (χ4n) is 1.82. The standard InChI is InChI=1S/C13H11N3S.ClH/c1-17-12-5-3-2-4-9(12)13-15-10-6-7-14-8-11(10)16-13;/h2-8H,1H3,(H,15,16);1H. The minimum Gasteiger partial charge on any atom is -0.337 e. The predicted octanol–water partition coefficient (Wildman–Crippen LogP) is 3.77. The Balaban J connectivity index is 0.00000120. The highest BCUT2D eigenvalue weighted by Crippen LogP contribution is 2.29. The molecule has 2 heterocycles. The summed E-state index contributed by atoms with van der Waals surface area (Å²) in [4.78, 5) is 13.2. The number of rotatable bonds is 2. The Bertz CT molecular complexity index is 633. The van der Waals surface area contributed by atoms with E-state index in [2.05, 4.69) is 33.3 Å². The molecule has 18 heavy (non-hydrogen) atoms. The van der Waals surface area contributed by atoms with Gasteiger partial charge in [-0.15, -0.1) is 24.2 Å². The van der Waals surface area contributed by atoms with Gasteiger partial charge in [0.25, 0.3) is 0 Å². The minimum atomic E-state index is 0. The van der Waals surface area contributed by atoms with Crippen molar-refractivity contribution in [2.75, 3.05) is 6.26 Å². The van der Waals surface area contributed by atoms with Crippen LogP contribution in [0.2, 0.25) is 0 Å². The molecule has 92 valence electrons. The molecule has 0 saturated carbocycles. The third kappa shape index (κ3) is 2.21. The lowest BCUT2D eigenvalue weighted by Crippen LogP contribution is -1.83. The number of halogens is 1. The molecule has 3 rings (SSSR count). The van der Waals surface area contributed by atoms with E-state index in [9.17, 15) is 0 Å². The van der Waals surface area contributed by atoms with Gasteiger partial charge in [0.05, 0.1) is 17.2 Å². The molecule has 3 nitrogen and oxygen atoms in total. The van der Waals surface area contributed by atoms with E-state index in [-0.39, 0.29) is 12.4 Å². The van der Waals surface area contributed by atoms with E-state index >= 15 is 0 Å². The number of imidazole rings is 1. The molecule has 0 atom stereocenters. The number of hydrogen-bond acceptors (Lipinski definition) is 3. The summed E-state index contributed by atoms with van der Waals surface area (Å²) >= 11 is 1.72. The van der Waals surface area contributed by atoms with E-state index in [0.717, 1.165) is 22.4 Å². The highest BCUT2D eigenvalue weighted by molar-refractivity contribution is 7.98. The van der Waals surface area contributed by atoms with Crippen molar-refractivity contribution in [2.24, 2.45) is 0 Å². The molecule has 0 aliphatic rings. The zero-order chi connectivity index (χ0) is 11.7. The molecule has 3 aromatic rings. The van der Waals surface area contributed by atoms with Gasteiger partial charge in [0.2, 0.25) is 0 Å². The van der Waals surface area contributed by atoms with Crippen LogP contribution in [-0.2, 0) is 0 Å². The van der Waals surface area contributed by atoms with Crippen molar-refractivity contribution in [1.82, 2.24) is 15.0 Å². The second-order valence-electron chi connectivity index (χ2n) is 3.68. The van der Waals surface area contributed by atoms with E-state index < -0.39 is 0 Å². The Hall–Kier alpha value is -1.52. The van der Waals surface area contributed by atoms with Gasteiger partial charge in [-0.2, -0.15) is 0 Å². The lowest BCUT2D eigenvalue weighted by Gasteiger charge is -2.02. The van der Waals surface area contributed by atoms with Crippen molar-refractivity contribution in [3.63, 3.8) is 0 Å². The van der Waals surface area contributed by atoms with E-state index in [1.807, 2.05) is 18.2 Å². The van der Waals surface area contributed by atoms with Crippen LogP contribution >= 0.6 is 24.2 Å². The van der Waals surface area contributed by atoms with Gasteiger partial charge in [-0.05, 0) is 18.4 Å². The van der Waals surface area contributed by atoms with Crippen LogP contribution in [-0.4, -0.2) is 21.2 Å². The maximum Gasteiger partial charge on any atom is 0.139 e. The summed E-state index contributed by atoms with van der Waals surface area (Å²) in [5.74, 6) is 0.901. The third-order valence-electron chi connectivity index (χ3n) is 2.65. The summed E-state index contributed by atoms with van der Waals surface area (Å²) in [5, 5.41) is 0. The molecule has 0 radical (unpaired) electrons. The summed E-state index contributed by atoms with van der Waals surface area (Å²) in [6.45, 7) is 0. The highest BCUT2D eigenvalue weighted by Gasteiger charge is 2.08. The minimum absolute atomic E-state index is 0. The monoisotopic (exact) mass is 277 g/mol. The molecule has 0 saturated heterocycles. The number of nitrogens with one attached hydrogen (secondary N) is 1. The van der Waals surface area contributed by atoms with Gasteiger partial charge in [-0.25, -0.2) is 4.98 Å². The second kappa shape index (κ2) is 5.42. The molecule has 0 aliphatic carbocycles. The fourth-order valence-corrected chi connectivity index (χ4v) is 2.42. The van der Waals surface area contributed by atoms with E-state index in [1.165, 1.54) is 4.90 Å². The van der Waals surface area contributed by atoms with E-state index in [0.29, 0.717) is 0 Å². The number of aromatic nitrogens is 3. The van der Waals surface area contributed by atoms with Crippen LogP contribution < -0.4 is 0 Å². The first-order valence-corrected chi connectivity index (χ1v) is 6.54. The third-order valence-corrected chi connectivity index (χ3v) is 3.44. The molecule has 0 unspecified atom stereocenters. The summed E-state index contributed by atoms with van der Waals surface area (Å²) < 4.78 is 0. The summed E-state index contributed by atoms with van der Waals surface area (Å²) in [5.41, 5.74) is 3.06. The lowest BCUT2D eigenvalue weighted by molar-refractivity contribution is 1.29. The topological polar surface area (TPSA) is 41.6 Å². The maximum atomic E-state index is 4.58. The Morgan fingerprint density at radius 2 is 2.00 bits per heavy atom. The Labute approximate surface area is 115 Å². The van der Waals surface area contributed by atoms with Crippen LogP contribution in [0.1, 0.15) is 0 Å². The number of pyridine rings is 1. The van der Waals surface area contributed by atoms with Gasteiger partial charge >= 0.3 is 0 Å². The summed E-state index contributed by atoms with van der Waals surface area (Å²) in [6.07, 6.45) is 5.63. The van der Waals surface area contributed by atoms with E-state index in [4.69, 9.17) is 0 Å². The quantitative estimate of drug-likeness (QED) is 0.725. The number of nitrogens with zero attached hydrogens (tertiary/aromatic N) is 2. The first-order valence-electron chi connectivity index (χ1n) is 5.31. The molecule has 1 aromatic carbocycles. The van der Waals surface area contributed by atoms with Crippen molar-refractivity contribution in [3.05, 3.63) is 42.7 Å². The largest absolute Gasteiger partial charge is 0.337 e. The molecule has 0 amide bonds. The van der Waals surface area contributed by atoms with Crippen molar-refractivity contribution >= 4 is 35.2 Å². The van der Waals surface area contributed by atoms with Gasteiger partial charge in [-0.3, -0.25) is 4.98 Å². The van der Waals surface area contributed by atoms with Gasteiger partial charge in [0.1, 0.15) is 5.82 Å². The molecule has 2 aromatic heterocycles. The van der Waals surface area contributed by atoms with Crippen LogP contribution in [0.15, 0.2) is 47.6 Å². The molecule has 0 bridgehead atoms. The number of fused-ring (bicyclic) bond motifs is 1. The molecule has 1 N–H and O–H groups in total. The lowest BCUT2D eigenvalue weighted by atomic mass is 10.2. The number of hydrogen-bond donors (Lipinski definition) is 1. The Kier molecular flexibility index (Phi) is 3.89. The maximum absolute atomic E-state index is 4.58. The second-order valence-corrected chi connectivity index (χ2v) is 4.53.